The summed E-state index contributed by atoms with van der Waals surface area (Å²) in [7, 11) is 0. The van der Waals surface area contributed by atoms with Gasteiger partial charge in [0.1, 0.15) is 5.84 Å². The van der Waals surface area contributed by atoms with Crippen LogP contribution in [0.5, 0.6) is 5.88 Å². The molecule has 0 aromatic carbocycles. The molecule has 0 aliphatic heterocycles. The number of nitrogen functional groups attached to an aromatic ring is 1. The number of nitrogens with one attached hydrogen (secondary N) is 1. The van der Waals surface area contributed by atoms with E-state index in [0.717, 1.165) is 0 Å². The Labute approximate surface area is 115 Å². The molecule has 0 radical (unpaired) electrons. The van der Waals surface area contributed by atoms with Crippen LogP contribution >= 0.6 is 0 Å². The van der Waals surface area contributed by atoms with Gasteiger partial charge in [-0.1, -0.05) is 0 Å². The first kappa shape index (κ1) is 17.1. The number of hydrogen-bond donors (Lipinski definition) is 2. The lowest BCUT2D eigenvalue weighted by Crippen LogP contribution is -2.47. The van der Waals surface area contributed by atoms with Crippen LogP contribution < -0.4 is 10.5 Å². The van der Waals surface area contributed by atoms with E-state index in [1.165, 1.54) is 19.9 Å². The van der Waals surface area contributed by atoms with Crippen molar-refractivity contribution in [1.29, 1.82) is 5.41 Å². The lowest BCUT2D eigenvalue weighted by molar-refractivity contribution is -0.300. The van der Waals surface area contributed by atoms with E-state index < -0.39 is 35.7 Å². The van der Waals surface area contributed by atoms with Crippen LogP contribution in [0, 0.1) is 19.3 Å². The van der Waals surface area contributed by atoms with E-state index in [4.69, 9.17) is 11.1 Å². The third-order valence-electron chi connectivity index (χ3n) is 2.40. The highest BCUT2D eigenvalue weighted by Crippen LogP contribution is 2.37. The lowest BCUT2D eigenvalue weighted by atomic mass is 10.1. The molecule has 0 atom stereocenters. The molecule has 118 valence electrons. The van der Waals surface area contributed by atoms with Crippen LogP contribution in [0.1, 0.15) is 16.8 Å². The fraction of sp³-hybridized carbons (Fsp3) is 0.455. The van der Waals surface area contributed by atoms with Crippen molar-refractivity contribution in [2.45, 2.75) is 32.3 Å². The Bertz CT molecular complexity index is 538. The number of rotatable bonds is 3. The van der Waals surface area contributed by atoms with Crippen LogP contribution in [0.3, 0.4) is 0 Å². The molecule has 0 spiro atoms. The van der Waals surface area contributed by atoms with Crippen LogP contribution in [0.15, 0.2) is 6.07 Å². The van der Waals surface area contributed by atoms with Gasteiger partial charge in [-0.15, -0.1) is 0 Å². The third kappa shape index (κ3) is 3.99. The third-order valence-corrected chi connectivity index (χ3v) is 2.40. The predicted octanol–water partition coefficient (Wildman–Crippen LogP) is 2.85. The monoisotopic (exact) mass is 315 g/mol. The minimum absolute atomic E-state index is 0.135. The second-order valence-electron chi connectivity index (χ2n) is 4.26. The molecule has 0 fully saturated rings. The summed E-state index contributed by atoms with van der Waals surface area (Å²) < 4.78 is 78.9. The molecular weight excluding hydrogens is 304 g/mol. The van der Waals surface area contributed by atoms with E-state index in [9.17, 15) is 26.3 Å². The zero-order chi connectivity index (χ0) is 16.6. The van der Waals surface area contributed by atoms with Gasteiger partial charge in [-0.05, 0) is 25.5 Å². The van der Waals surface area contributed by atoms with Gasteiger partial charge in [0.15, 0.2) is 0 Å². The Balaban J connectivity index is 3.37. The fourth-order valence-corrected chi connectivity index (χ4v) is 1.65. The van der Waals surface area contributed by atoms with Crippen molar-refractivity contribution in [3.05, 3.63) is 22.9 Å². The summed E-state index contributed by atoms with van der Waals surface area (Å²) >= 11 is 0. The lowest BCUT2D eigenvalue weighted by Gasteiger charge is -2.24. The fourth-order valence-electron chi connectivity index (χ4n) is 1.65. The maximum Gasteiger partial charge on any atom is 0.434 e. The van der Waals surface area contributed by atoms with Crippen LogP contribution in [0.25, 0.3) is 0 Å². The van der Waals surface area contributed by atoms with Crippen molar-refractivity contribution in [2.75, 3.05) is 0 Å². The SMILES string of the molecule is Cc1cc(C)c(C(=N)N)c(OC(C(F)(F)F)C(F)(F)F)n1. The summed E-state index contributed by atoms with van der Waals surface area (Å²) in [5, 5.41) is 7.24. The minimum Gasteiger partial charge on any atom is -0.454 e. The average molecular weight is 315 g/mol. The molecule has 10 heteroatoms. The zero-order valence-corrected chi connectivity index (χ0v) is 10.9. The van der Waals surface area contributed by atoms with Crippen LogP contribution in [-0.4, -0.2) is 29.3 Å². The van der Waals surface area contributed by atoms with E-state index in [-0.39, 0.29) is 11.3 Å². The number of nitrogens with two attached hydrogens (primary N) is 1. The first-order valence-corrected chi connectivity index (χ1v) is 5.46. The number of amidine groups is 1. The normalized spacial score (nSPS) is 12.6. The van der Waals surface area contributed by atoms with Crippen molar-refractivity contribution >= 4 is 5.84 Å². The maximum absolute atomic E-state index is 12.5. The average Bonchev–Trinajstić information content (AvgIpc) is 2.20. The number of nitrogens with zero attached hydrogens (tertiary/aromatic N) is 1. The van der Waals surface area contributed by atoms with E-state index in [2.05, 4.69) is 9.72 Å². The molecule has 4 nitrogen and oxygen atoms in total. The summed E-state index contributed by atoms with van der Waals surface area (Å²) in [5.41, 5.74) is 5.08. The van der Waals surface area contributed by atoms with E-state index >= 15 is 0 Å². The molecule has 3 N–H and O–H groups in total. The summed E-state index contributed by atoms with van der Waals surface area (Å²) in [6.07, 6.45) is -15.4. The van der Waals surface area contributed by atoms with Crippen molar-refractivity contribution in [2.24, 2.45) is 5.73 Å². The van der Waals surface area contributed by atoms with Crippen molar-refractivity contribution in [3.8, 4) is 5.88 Å². The topological polar surface area (TPSA) is 72.0 Å². The Morgan fingerprint density at radius 1 is 1.19 bits per heavy atom. The number of pyridine rings is 1. The van der Waals surface area contributed by atoms with E-state index in [1.807, 2.05) is 0 Å². The molecule has 1 heterocycles. The highest BCUT2D eigenvalue weighted by Gasteiger charge is 2.59. The van der Waals surface area contributed by atoms with Crippen LogP contribution in [-0.2, 0) is 0 Å². The van der Waals surface area contributed by atoms with Crippen molar-refractivity contribution < 1.29 is 31.1 Å². The zero-order valence-electron chi connectivity index (χ0n) is 10.9. The molecule has 1 aromatic heterocycles. The molecule has 0 aliphatic rings. The summed E-state index contributed by atoms with van der Waals surface area (Å²) in [4.78, 5) is 3.48. The van der Waals surface area contributed by atoms with Crippen LogP contribution in [0.4, 0.5) is 26.3 Å². The van der Waals surface area contributed by atoms with Gasteiger partial charge in [-0.25, -0.2) is 4.98 Å². The highest BCUT2D eigenvalue weighted by molar-refractivity contribution is 5.98. The first-order valence-electron chi connectivity index (χ1n) is 5.46. The van der Waals surface area contributed by atoms with Gasteiger partial charge in [0, 0.05) is 5.69 Å². The number of halogens is 6. The van der Waals surface area contributed by atoms with Gasteiger partial charge in [0.2, 0.25) is 5.88 Å². The molecule has 0 unspecified atom stereocenters. The number of ether oxygens (including phenoxy) is 1. The van der Waals surface area contributed by atoms with Gasteiger partial charge in [0.25, 0.3) is 6.10 Å². The molecular formula is C11H11F6N3O. The molecule has 1 rings (SSSR count). The van der Waals surface area contributed by atoms with Crippen molar-refractivity contribution in [1.82, 2.24) is 4.98 Å². The largest absolute Gasteiger partial charge is 0.454 e. The second kappa shape index (κ2) is 5.41. The summed E-state index contributed by atoms with van der Waals surface area (Å²) in [6, 6.07) is 1.36. The highest BCUT2D eigenvalue weighted by atomic mass is 19.4. The second-order valence-corrected chi connectivity index (χ2v) is 4.26. The van der Waals surface area contributed by atoms with Gasteiger partial charge in [-0.2, -0.15) is 26.3 Å². The number of alkyl halides is 6. The number of aromatic nitrogens is 1. The number of hydrogen-bond acceptors (Lipinski definition) is 3. The van der Waals surface area contributed by atoms with Gasteiger partial charge in [0.05, 0.1) is 5.56 Å². The summed E-state index contributed by atoms with van der Waals surface area (Å²) in [5.74, 6) is -1.71. The smallest absolute Gasteiger partial charge is 0.434 e. The minimum atomic E-state index is -5.67. The van der Waals surface area contributed by atoms with Crippen molar-refractivity contribution in [3.63, 3.8) is 0 Å². The molecule has 0 saturated heterocycles. The van der Waals surface area contributed by atoms with Gasteiger partial charge in [-0.3, -0.25) is 5.41 Å². The first-order chi connectivity index (χ1) is 9.34. The van der Waals surface area contributed by atoms with Gasteiger partial charge < -0.3 is 10.5 Å². The Kier molecular flexibility index (Phi) is 4.40. The molecule has 0 bridgehead atoms. The van der Waals surface area contributed by atoms with Gasteiger partial charge >= 0.3 is 12.4 Å². The standard InChI is InChI=1S/C11H11F6N3O/c1-4-3-5(2)20-8(6(4)7(18)19)21-9(10(12,13)14)11(15,16)17/h3,9H,1-2H3,(H3,18,19). The van der Waals surface area contributed by atoms with E-state index in [0.29, 0.717) is 0 Å². The molecule has 0 amide bonds. The summed E-state index contributed by atoms with van der Waals surface area (Å²) in [6.45, 7) is 2.73. The molecule has 0 saturated carbocycles. The molecule has 1 aromatic rings. The van der Waals surface area contributed by atoms with Crippen LogP contribution in [0.2, 0.25) is 0 Å². The number of aryl methyl sites for hydroxylation is 2. The Hall–Kier alpha value is -2.00. The molecule has 21 heavy (non-hydrogen) atoms. The Morgan fingerprint density at radius 2 is 1.67 bits per heavy atom. The molecule has 0 aliphatic carbocycles. The quantitative estimate of drug-likeness (QED) is 0.512. The Morgan fingerprint density at radius 3 is 2.05 bits per heavy atom. The maximum atomic E-state index is 12.5. The van der Waals surface area contributed by atoms with E-state index in [1.54, 1.807) is 0 Å². The predicted molar refractivity (Wildman–Crippen MR) is 61.3 cm³/mol.